The van der Waals surface area contributed by atoms with E-state index in [1.807, 2.05) is 13.8 Å². The molecule has 0 heterocycles. The Hall–Kier alpha value is -6.41. The first-order valence-corrected chi connectivity index (χ1v) is 25.7. The summed E-state index contributed by atoms with van der Waals surface area (Å²) in [6, 6.07) is 34.7. The van der Waals surface area contributed by atoms with E-state index < -0.39 is 53.3 Å². The number of aliphatic imine (C=N–C) groups is 1. The molecule has 0 aliphatic rings. The van der Waals surface area contributed by atoms with Gasteiger partial charge in [0.25, 0.3) is 26.1 Å². The predicted octanol–water partition coefficient (Wildman–Crippen LogP) is 11.8. The second-order valence-corrected chi connectivity index (χ2v) is 19.5. The average Bonchev–Trinajstić information content (AvgIpc) is 3.35. The monoisotopic (exact) mass is 1210 g/mol. The number of anilines is 1. The van der Waals surface area contributed by atoms with Gasteiger partial charge in [-0.1, -0.05) is 89.6 Å². The number of halogens is 2. The Kier molecular flexibility index (Phi) is 19.3. The van der Waals surface area contributed by atoms with E-state index in [9.17, 15) is 46.1 Å². The Bertz CT molecular complexity index is 3830. The molecule has 0 saturated heterocycles. The van der Waals surface area contributed by atoms with E-state index in [0.29, 0.717) is 68.8 Å². The zero-order valence-electron chi connectivity index (χ0n) is 40.1. The van der Waals surface area contributed by atoms with Gasteiger partial charge in [0.15, 0.2) is 5.75 Å². The molecule has 1 amide bonds. The molecule has 8 aromatic rings. The summed E-state index contributed by atoms with van der Waals surface area (Å²) in [5.74, 6) is -1.49. The smallest absolute Gasteiger partial charge is 0.871 e. The first-order valence-electron chi connectivity index (χ1n) is 22.1. The van der Waals surface area contributed by atoms with Gasteiger partial charge in [-0.25, -0.2) is 0 Å². The van der Waals surface area contributed by atoms with Crippen LogP contribution in [0.3, 0.4) is 0 Å². The van der Waals surface area contributed by atoms with Gasteiger partial charge in [-0.2, -0.15) is 21.9 Å². The van der Waals surface area contributed by atoms with Crippen LogP contribution in [0.2, 0.25) is 10.0 Å². The van der Waals surface area contributed by atoms with Crippen molar-refractivity contribution < 1.29 is 55.5 Å². The summed E-state index contributed by atoms with van der Waals surface area (Å²) in [5.41, 5.74) is 0.786. The maximum atomic E-state index is 13.4. The molecule has 0 aliphatic heterocycles. The maximum Gasteiger partial charge on any atom is 2.00 e. The number of hydrogen-bond acceptors (Lipinski definition) is 15. The van der Waals surface area contributed by atoms with Crippen LogP contribution in [0.1, 0.15) is 40.9 Å². The van der Waals surface area contributed by atoms with E-state index in [0.717, 1.165) is 12.1 Å². The van der Waals surface area contributed by atoms with Gasteiger partial charge in [0.2, 0.25) is 0 Å². The summed E-state index contributed by atoms with van der Waals surface area (Å²) >= 11 is 12.0. The molecule has 0 bridgehead atoms. The van der Waals surface area contributed by atoms with E-state index in [1.54, 1.807) is 111 Å². The summed E-state index contributed by atoms with van der Waals surface area (Å²) in [6.07, 6.45) is 0. The molecule has 0 radical (unpaired) electrons. The first kappa shape index (κ1) is 57.9. The number of phenols is 1. The van der Waals surface area contributed by atoms with Crippen molar-refractivity contribution in [1.82, 2.24) is 0 Å². The van der Waals surface area contributed by atoms with E-state index in [-0.39, 0.29) is 92.8 Å². The average molecular weight is 1220 g/mol. The van der Waals surface area contributed by atoms with Gasteiger partial charge < -0.3 is 30.1 Å². The van der Waals surface area contributed by atoms with Crippen LogP contribution in [0.15, 0.2) is 169 Å². The molecule has 4 N–H and O–H groups in total. The number of phenolic OH excluding ortho intramolecular Hbond substituents is 1. The second-order valence-electron chi connectivity index (χ2n) is 15.9. The molecule has 380 valence electrons. The number of nitrogens with zero attached hydrogens (tertiary/aromatic N) is 5. The number of benzene rings is 8. The predicted molar refractivity (Wildman–Crippen MR) is 284 cm³/mol. The number of amides is 1. The van der Waals surface area contributed by atoms with Gasteiger partial charge in [0.05, 0.1) is 30.2 Å². The number of ether oxygens (including phenoxy) is 2. The maximum absolute atomic E-state index is 13.4. The van der Waals surface area contributed by atoms with Crippen molar-refractivity contribution in [2.45, 2.75) is 37.5 Å². The number of azo groups is 2. The summed E-state index contributed by atoms with van der Waals surface area (Å²) in [7, 11) is -9.36. The SMILES string of the molecule is CCOc1cccc(N=C([O-])c2cc3ccccc3c(N=Nc3cc(C)c(Cl)cc3S(=O)(=O)O)c2[O-])c1.CCOc1cccc(NC(=O)c2cc3ccccc3c(N=Nc3cc(C)c(Cl)cc3S(=O)(=O)O)c2O)c1.[Ba+2]. The van der Waals surface area contributed by atoms with Crippen molar-refractivity contribution in [2.75, 3.05) is 18.5 Å². The Morgan fingerprint density at radius 3 is 1.64 bits per heavy atom. The molecule has 23 heteroatoms. The molecule has 0 fully saturated rings. The number of rotatable bonds is 14. The van der Waals surface area contributed by atoms with Crippen LogP contribution < -0.4 is 25.0 Å². The number of aromatic hydroxyl groups is 1. The molecule has 0 saturated carbocycles. The molecule has 75 heavy (non-hydrogen) atoms. The Labute approximate surface area is 481 Å². The summed E-state index contributed by atoms with van der Waals surface area (Å²) in [5, 5.41) is 58.4. The van der Waals surface area contributed by atoms with Crippen LogP contribution in [-0.4, -0.2) is 105 Å². The summed E-state index contributed by atoms with van der Waals surface area (Å²) < 4.78 is 77.6. The number of hydrogen-bond donors (Lipinski definition) is 4. The topological polar surface area (TPSA) is 284 Å². The van der Waals surface area contributed by atoms with Gasteiger partial charge in [0.1, 0.15) is 38.4 Å². The number of fused-ring (bicyclic) bond motifs is 2. The molecule has 0 unspecified atom stereocenters. The van der Waals surface area contributed by atoms with Crippen molar-refractivity contribution in [1.29, 1.82) is 0 Å². The molecule has 0 spiro atoms. The third-order valence-electron chi connectivity index (χ3n) is 10.8. The van der Waals surface area contributed by atoms with Gasteiger partial charge >= 0.3 is 48.9 Å². The minimum atomic E-state index is -4.69. The molecule has 0 aromatic heterocycles. The summed E-state index contributed by atoms with van der Waals surface area (Å²) in [4.78, 5) is 16.1. The van der Waals surface area contributed by atoms with Crippen LogP contribution in [0.5, 0.6) is 23.0 Å². The fourth-order valence-corrected chi connectivity index (χ4v) is 8.97. The van der Waals surface area contributed by atoms with Crippen LogP contribution in [-0.2, 0) is 20.2 Å². The van der Waals surface area contributed by atoms with Crippen molar-refractivity contribution in [3.05, 3.63) is 166 Å². The van der Waals surface area contributed by atoms with Crippen LogP contribution in [0, 0.1) is 13.8 Å². The fraction of sp³-hybridized carbons (Fsp3) is 0.115. The van der Waals surface area contributed by atoms with E-state index in [2.05, 4.69) is 30.8 Å². The minimum absolute atomic E-state index is 0. The van der Waals surface area contributed by atoms with E-state index in [4.69, 9.17) is 32.7 Å². The Balaban J connectivity index is 0.000000241. The zero-order valence-corrected chi connectivity index (χ0v) is 47.7. The number of nitrogens with one attached hydrogen (secondary N) is 1. The normalized spacial score (nSPS) is 11.9. The zero-order chi connectivity index (χ0) is 53.5. The molecule has 0 aliphatic carbocycles. The van der Waals surface area contributed by atoms with Gasteiger partial charge in [-0.3, -0.25) is 18.9 Å². The Morgan fingerprint density at radius 2 is 1.11 bits per heavy atom. The van der Waals surface area contributed by atoms with Crippen LogP contribution in [0.4, 0.5) is 34.1 Å². The Morgan fingerprint density at radius 1 is 0.627 bits per heavy atom. The molecular formula is C52H42BaCl2N6O12S2. The van der Waals surface area contributed by atoms with Crippen LogP contribution in [0.25, 0.3) is 21.5 Å². The molecule has 8 rings (SSSR count). The van der Waals surface area contributed by atoms with Gasteiger partial charge in [-0.15, -0.1) is 15.3 Å². The third kappa shape index (κ3) is 14.1. The van der Waals surface area contributed by atoms with Crippen molar-refractivity contribution in [3.63, 3.8) is 0 Å². The van der Waals surface area contributed by atoms with Crippen molar-refractivity contribution in [2.24, 2.45) is 25.4 Å². The first-order chi connectivity index (χ1) is 35.2. The van der Waals surface area contributed by atoms with E-state index in [1.165, 1.54) is 24.3 Å². The standard InChI is InChI=1S/2C26H22ClN3O6S.Ba/c2*1-3-36-18-9-6-8-17(13-18)28-26(32)20-12-16-7-4-5-10-19(16)24(25(20)31)30-29-22-11-15(2)21(27)14-23(22)37(33,34)35;/h2*4-14,31H,3H2,1-2H3,(H,28,32)(H,33,34,35);/q;;+2/p-2. The molecular weight excluding hydrogens is 1170 g/mol. The number of carbonyl (C=O) groups is 1. The van der Waals surface area contributed by atoms with E-state index >= 15 is 0 Å². The minimum Gasteiger partial charge on any atom is -0.871 e. The van der Waals surface area contributed by atoms with Crippen LogP contribution >= 0.6 is 23.2 Å². The quantitative estimate of drug-likeness (QED) is 0.0260. The molecule has 0 atom stereocenters. The van der Waals surface area contributed by atoms with Crippen molar-refractivity contribution >= 4 is 160 Å². The van der Waals surface area contributed by atoms with Gasteiger partial charge in [0, 0.05) is 38.6 Å². The summed E-state index contributed by atoms with van der Waals surface area (Å²) in [6.45, 7) is 7.82. The van der Waals surface area contributed by atoms with Crippen molar-refractivity contribution in [3.8, 4) is 23.0 Å². The fourth-order valence-electron chi connectivity index (χ4n) is 7.25. The van der Waals surface area contributed by atoms with Gasteiger partial charge in [-0.05, 0) is 122 Å². The largest absolute Gasteiger partial charge is 2.00 e. The second kappa shape index (κ2) is 25.0. The number of aryl methyl sites for hydroxylation is 2. The molecule has 18 nitrogen and oxygen atoms in total. The third-order valence-corrected chi connectivity index (χ3v) is 13.3. The molecule has 8 aromatic carbocycles. The number of carbonyl (C=O) groups excluding carboxylic acids is 1.